The van der Waals surface area contributed by atoms with Crippen LogP contribution in [0.5, 0.6) is 11.5 Å². The van der Waals surface area contributed by atoms with Crippen molar-refractivity contribution in [2.75, 3.05) is 6.61 Å². The normalized spacial score (nSPS) is 14.8. The minimum absolute atomic E-state index is 0.0531. The van der Waals surface area contributed by atoms with E-state index in [4.69, 9.17) is 5.73 Å². The predicted octanol–water partition coefficient (Wildman–Crippen LogP) is -1.10. The maximum Gasteiger partial charge on any atom is 0.326 e. The summed E-state index contributed by atoms with van der Waals surface area (Å²) in [5, 5.41) is 72.0. The molecular formula is C59H76N14O14. The van der Waals surface area contributed by atoms with Gasteiger partial charge >= 0.3 is 5.97 Å². The van der Waals surface area contributed by atoms with Crippen molar-refractivity contribution >= 4 is 64.1 Å². The lowest BCUT2D eigenvalue weighted by Crippen LogP contribution is -2.63. The molecule has 0 aliphatic rings. The Morgan fingerprint density at radius 1 is 0.506 bits per heavy atom. The van der Waals surface area contributed by atoms with E-state index in [0.717, 1.165) is 0 Å². The zero-order valence-electron chi connectivity index (χ0n) is 48.6. The molecule has 8 amide bonds. The molecule has 0 spiro atoms. The first kappa shape index (κ1) is 66.5. The number of aromatic nitrogens is 5. The number of amides is 8. The number of nitrogens with two attached hydrogens (primary N) is 1. The highest BCUT2D eigenvalue weighted by Gasteiger charge is 2.37. The highest BCUT2D eigenvalue weighted by molar-refractivity contribution is 5.99. The van der Waals surface area contributed by atoms with Crippen LogP contribution in [0.2, 0.25) is 0 Å². The van der Waals surface area contributed by atoms with Crippen LogP contribution < -0.4 is 48.3 Å². The molecule has 0 bridgehead atoms. The van der Waals surface area contributed by atoms with E-state index in [2.05, 4.69) is 67.5 Å². The van der Waals surface area contributed by atoms with Gasteiger partial charge in [0.15, 0.2) is 0 Å². The Bertz CT molecular complexity index is 3280. The molecule has 3 heterocycles. The van der Waals surface area contributed by atoms with Crippen molar-refractivity contribution in [2.24, 2.45) is 17.6 Å². The predicted molar refractivity (Wildman–Crippen MR) is 314 cm³/mol. The molecule has 0 aliphatic heterocycles. The molecule has 0 unspecified atom stereocenters. The fourth-order valence-corrected chi connectivity index (χ4v) is 9.38. The van der Waals surface area contributed by atoms with Crippen LogP contribution in [0.4, 0.5) is 0 Å². The van der Waals surface area contributed by atoms with E-state index < -0.39 is 126 Å². The second kappa shape index (κ2) is 31.5. The van der Waals surface area contributed by atoms with Gasteiger partial charge in [-0.15, -0.1) is 0 Å². The van der Waals surface area contributed by atoms with Gasteiger partial charge < -0.3 is 88.8 Å². The number of nitrogens with one attached hydrogen (secondary N) is 11. The third kappa shape index (κ3) is 19.7. The number of para-hydroxylation sites is 1. The van der Waals surface area contributed by atoms with E-state index in [1.807, 2.05) is 0 Å². The third-order valence-electron chi connectivity index (χ3n) is 14.1. The summed E-state index contributed by atoms with van der Waals surface area (Å²) in [7, 11) is 0. The molecule has 0 saturated heterocycles. The van der Waals surface area contributed by atoms with Crippen LogP contribution >= 0.6 is 0 Å². The number of carbonyl (C=O) groups excluding carboxylic acids is 8. The van der Waals surface area contributed by atoms with Crippen LogP contribution in [-0.2, 0) is 75.3 Å². The molecule has 3 aromatic carbocycles. The number of rotatable bonds is 32. The fraction of sp³-hybridized carbons (Fsp3) is 0.407. The highest BCUT2D eigenvalue weighted by atomic mass is 16.4. The van der Waals surface area contributed by atoms with Crippen LogP contribution in [0.3, 0.4) is 0 Å². The molecule has 3 aromatic heterocycles. The first-order chi connectivity index (χ1) is 41.4. The maximum absolute atomic E-state index is 14.9. The summed E-state index contributed by atoms with van der Waals surface area (Å²) < 4.78 is 0. The van der Waals surface area contributed by atoms with Crippen molar-refractivity contribution in [3.05, 3.63) is 132 Å². The van der Waals surface area contributed by atoms with Gasteiger partial charge in [0.05, 0.1) is 25.4 Å². The van der Waals surface area contributed by atoms with E-state index in [1.54, 1.807) is 58.2 Å². The van der Waals surface area contributed by atoms with E-state index in [0.29, 0.717) is 39.0 Å². The van der Waals surface area contributed by atoms with Crippen molar-refractivity contribution < 1.29 is 68.7 Å². The van der Waals surface area contributed by atoms with E-state index in [1.165, 1.54) is 80.5 Å². The minimum atomic E-state index is -1.73. The summed E-state index contributed by atoms with van der Waals surface area (Å²) in [6.07, 6.45) is 4.28. The van der Waals surface area contributed by atoms with Gasteiger partial charge in [-0.25, -0.2) is 14.8 Å². The number of aromatic amines is 3. The summed E-state index contributed by atoms with van der Waals surface area (Å²) in [6.45, 7) is 7.24. The first-order valence-corrected chi connectivity index (χ1v) is 28.1. The quantitative estimate of drug-likeness (QED) is 0.0238. The van der Waals surface area contributed by atoms with Gasteiger partial charge in [-0.2, -0.15) is 0 Å². The topological polar surface area (TPSA) is 450 Å². The number of aromatic hydroxyl groups is 2. The average Bonchev–Trinajstić information content (AvgIpc) is 3.40. The number of nitrogens with zero attached hydrogens (tertiary/aromatic N) is 2. The molecule has 0 radical (unpaired) electrons. The van der Waals surface area contributed by atoms with Gasteiger partial charge in [0.2, 0.25) is 47.3 Å². The highest BCUT2D eigenvalue weighted by Crippen LogP contribution is 2.21. The summed E-state index contributed by atoms with van der Waals surface area (Å²) >= 11 is 0. The Kier molecular flexibility index (Phi) is 24.0. The van der Waals surface area contributed by atoms with Gasteiger partial charge in [0.25, 0.3) is 0 Å². The van der Waals surface area contributed by atoms with E-state index >= 15 is 0 Å². The van der Waals surface area contributed by atoms with Crippen LogP contribution in [0.15, 0.2) is 104 Å². The number of imidazole rings is 2. The summed E-state index contributed by atoms with van der Waals surface area (Å²) in [6, 6.07) is 5.17. The molecule has 0 saturated carbocycles. The molecule has 6 aromatic rings. The number of carboxylic acids is 1. The van der Waals surface area contributed by atoms with Crippen LogP contribution in [0, 0.1) is 11.8 Å². The molecule has 466 valence electrons. The molecule has 28 heteroatoms. The zero-order chi connectivity index (χ0) is 63.5. The number of aliphatic carboxylic acids is 1. The molecular weight excluding hydrogens is 1130 g/mol. The molecule has 6 rings (SSSR count). The molecule has 0 fully saturated rings. The number of hydrogen-bond donors (Lipinski definition) is 17. The Morgan fingerprint density at radius 3 is 1.33 bits per heavy atom. The molecule has 18 N–H and O–H groups in total. The zero-order valence-corrected chi connectivity index (χ0v) is 48.6. The largest absolute Gasteiger partial charge is 0.508 e. The van der Waals surface area contributed by atoms with Crippen LogP contribution in [0.25, 0.3) is 10.9 Å². The lowest BCUT2D eigenvalue weighted by atomic mass is 10.00. The molecule has 10 atom stereocenters. The number of phenols is 2. The fourth-order valence-electron chi connectivity index (χ4n) is 9.38. The number of hydrogen-bond acceptors (Lipinski definition) is 16. The number of benzene rings is 3. The first-order valence-electron chi connectivity index (χ1n) is 28.1. The Balaban J connectivity index is 1.31. The van der Waals surface area contributed by atoms with Crippen molar-refractivity contribution in [1.82, 2.24) is 67.5 Å². The summed E-state index contributed by atoms with van der Waals surface area (Å²) in [5.41, 5.74) is 8.45. The second-order valence-electron chi connectivity index (χ2n) is 21.9. The Hall–Kier alpha value is -9.67. The van der Waals surface area contributed by atoms with Crippen LogP contribution in [0.1, 0.15) is 69.1 Å². The van der Waals surface area contributed by atoms with E-state index in [9.17, 15) is 68.7 Å². The van der Waals surface area contributed by atoms with Gasteiger partial charge in [-0.05, 0) is 72.2 Å². The standard InChI is InChI=1S/C59H76N14O14/c1-30(2)18-48(59(86)87)71-53(80)44(20-34-12-16-39(77)17-13-34)66-52(79)43(19-33-10-14-38(76)15-11-33)67-55(82)46(22-36-25-61-28-64-36)69-56(83)47(23-37-26-62-29-65-37)68-54(81)45(21-35-24-63-42-9-7-6-8-40(35)42)70-58(85)50(32(5)75)73-57(84)49(31(3)4)72-51(78)41(60)27-74/h6-17,24-26,28-32,41,43-50,63,74-77H,18-23,27,60H2,1-5H3,(H,61,64)(H,62,65)(H,66,79)(H,67,82)(H,68,81)(H,69,83)(H,70,85)(H,71,80)(H,72,78)(H,73,84)(H,86,87)/t32-,41+,43+,44+,45+,46+,47+,48+,49+,50+/m1/s1. The van der Waals surface area contributed by atoms with Crippen molar-refractivity contribution in [2.45, 2.75) is 134 Å². The smallest absolute Gasteiger partial charge is 0.326 e. The van der Waals surface area contributed by atoms with Gasteiger partial charge in [-0.3, -0.25) is 38.4 Å². The molecule has 87 heavy (non-hydrogen) atoms. The van der Waals surface area contributed by atoms with Crippen molar-refractivity contribution in [3.8, 4) is 11.5 Å². The maximum atomic E-state index is 14.9. The number of phenolic OH excluding ortho intramolecular Hbond substituents is 2. The van der Waals surface area contributed by atoms with E-state index in [-0.39, 0.29) is 55.9 Å². The number of carboxylic acid groups (broad SMARTS) is 1. The second-order valence-corrected chi connectivity index (χ2v) is 21.9. The van der Waals surface area contributed by atoms with Crippen molar-refractivity contribution in [3.63, 3.8) is 0 Å². The van der Waals surface area contributed by atoms with Gasteiger partial charge in [-0.1, -0.05) is 70.2 Å². The third-order valence-corrected chi connectivity index (χ3v) is 14.1. The summed E-state index contributed by atoms with van der Waals surface area (Å²) in [4.78, 5) is 143. The number of aliphatic hydroxyl groups is 2. The van der Waals surface area contributed by atoms with Crippen LogP contribution in [-0.4, -0.2) is 171 Å². The van der Waals surface area contributed by atoms with Crippen molar-refractivity contribution in [1.29, 1.82) is 0 Å². The molecule has 0 aliphatic carbocycles. The SMILES string of the molecule is CC(C)C[C@H](NC(=O)[C@H](Cc1ccc(O)cc1)NC(=O)[C@H](Cc1ccc(O)cc1)NC(=O)[C@H](Cc1cnc[nH]1)NC(=O)[C@H](Cc1cnc[nH]1)NC(=O)[C@H](Cc1c[nH]c2ccccc12)NC(=O)[C@@H](NC(=O)[C@@H](NC(=O)[C@@H](N)CO)C(C)C)[C@@H](C)O)C(=O)O. The Labute approximate surface area is 500 Å². The number of H-pyrrole nitrogens is 3. The summed E-state index contributed by atoms with van der Waals surface area (Å²) in [5.74, 6) is -9.65. The number of fused-ring (bicyclic) bond motifs is 1. The molecule has 28 nitrogen and oxygen atoms in total. The lowest BCUT2D eigenvalue weighted by molar-refractivity contribution is -0.142. The van der Waals surface area contributed by atoms with Gasteiger partial charge in [0, 0.05) is 73.0 Å². The monoisotopic (exact) mass is 1200 g/mol. The lowest BCUT2D eigenvalue weighted by Gasteiger charge is -2.29. The number of carbonyl (C=O) groups is 9. The minimum Gasteiger partial charge on any atom is -0.508 e. The Morgan fingerprint density at radius 2 is 0.920 bits per heavy atom. The number of aliphatic hydroxyl groups excluding tert-OH is 2. The van der Waals surface area contributed by atoms with Gasteiger partial charge in [0.1, 0.15) is 65.9 Å². The average molecular weight is 1210 g/mol.